The van der Waals surface area contributed by atoms with E-state index in [0.717, 1.165) is 6.54 Å². The van der Waals surface area contributed by atoms with Crippen LogP contribution in [0, 0.1) is 0 Å². The van der Waals surface area contributed by atoms with E-state index in [-0.39, 0.29) is 10.8 Å². The highest BCUT2D eigenvalue weighted by molar-refractivity contribution is 7.89. The average Bonchev–Trinajstić information content (AvgIpc) is 2.59. The van der Waals surface area contributed by atoms with Gasteiger partial charge in [-0.2, -0.15) is 0 Å². The fraction of sp³-hybridized carbons (Fsp3) is 0.533. The molecule has 128 valence electrons. The maximum atomic E-state index is 12.3. The number of morpholine rings is 1. The molecule has 1 aliphatic heterocycles. The molecule has 8 heteroatoms. The fourth-order valence-corrected chi connectivity index (χ4v) is 3.29. The average molecular weight is 341 g/mol. The van der Waals surface area contributed by atoms with Crippen LogP contribution in [0.1, 0.15) is 17.3 Å². The van der Waals surface area contributed by atoms with Gasteiger partial charge in [-0.3, -0.25) is 4.79 Å². The van der Waals surface area contributed by atoms with Crippen molar-refractivity contribution in [1.29, 1.82) is 0 Å². The first-order valence-corrected chi connectivity index (χ1v) is 9.20. The molecular weight excluding hydrogens is 318 g/mol. The van der Waals surface area contributed by atoms with E-state index in [1.54, 1.807) is 17.0 Å². The molecule has 1 heterocycles. The van der Waals surface area contributed by atoms with Crippen LogP contribution in [-0.4, -0.2) is 65.2 Å². The van der Waals surface area contributed by atoms with Gasteiger partial charge in [0.15, 0.2) is 0 Å². The van der Waals surface area contributed by atoms with Crippen LogP contribution in [0.3, 0.4) is 0 Å². The van der Waals surface area contributed by atoms with E-state index in [1.807, 2.05) is 6.92 Å². The number of carbonyl (C=O) groups excluding carboxylic acids is 1. The SMILES string of the molecule is CCNCCNS(=O)(=O)c1ccc(C(=O)N2CCOCC2)cc1. The highest BCUT2D eigenvalue weighted by Crippen LogP contribution is 2.13. The third-order valence-electron chi connectivity index (χ3n) is 3.55. The van der Waals surface area contributed by atoms with E-state index in [1.165, 1.54) is 12.1 Å². The molecule has 0 aromatic heterocycles. The van der Waals surface area contributed by atoms with Gasteiger partial charge in [0.2, 0.25) is 10.0 Å². The first-order chi connectivity index (χ1) is 11.0. The molecule has 0 unspecified atom stereocenters. The highest BCUT2D eigenvalue weighted by Gasteiger charge is 2.19. The van der Waals surface area contributed by atoms with Crippen molar-refractivity contribution < 1.29 is 17.9 Å². The van der Waals surface area contributed by atoms with E-state index in [2.05, 4.69) is 10.0 Å². The lowest BCUT2D eigenvalue weighted by Crippen LogP contribution is -2.40. The summed E-state index contributed by atoms with van der Waals surface area (Å²) >= 11 is 0. The molecule has 1 amide bonds. The molecule has 2 N–H and O–H groups in total. The minimum atomic E-state index is -3.54. The van der Waals surface area contributed by atoms with Crippen molar-refractivity contribution in [3.63, 3.8) is 0 Å². The molecule has 1 aromatic rings. The smallest absolute Gasteiger partial charge is 0.254 e. The lowest BCUT2D eigenvalue weighted by molar-refractivity contribution is 0.0303. The normalized spacial score (nSPS) is 15.6. The van der Waals surface area contributed by atoms with Crippen LogP contribution in [0.25, 0.3) is 0 Å². The van der Waals surface area contributed by atoms with Crippen molar-refractivity contribution >= 4 is 15.9 Å². The van der Waals surface area contributed by atoms with Gasteiger partial charge in [-0.15, -0.1) is 0 Å². The molecule has 2 rings (SSSR count). The largest absolute Gasteiger partial charge is 0.378 e. The number of amides is 1. The summed E-state index contributed by atoms with van der Waals surface area (Å²) in [6.07, 6.45) is 0. The van der Waals surface area contributed by atoms with Gasteiger partial charge in [0.05, 0.1) is 18.1 Å². The van der Waals surface area contributed by atoms with E-state index in [4.69, 9.17) is 4.74 Å². The second-order valence-corrected chi connectivity index (χ2v) is 6.95. The predicted octanol–water partition coefficient (Wildman–Crippen LogP) is 0.0468. The fourth-order valence-electron chi connectivity index (χ4n) is 2.26. The third-order valence-corrected chi connectivity index (χ3v) is 5.03. The van der Waals surface area contributed by atoms with Gasteiger partial charge in [-0.1, -0.05) is 6.92 Å². The summed E-state index contributed by atoms with van der Waals surface area (Å²) in [7, 11) is -3.54. The first kappa shape index (κ1) is 17.9. The Hall–Kier alpha value is -1.48. The molecule has 1 aliphatic rings. The molecule has 1 saturated heterocycles. The summed E-state index contributed by atoms with van der Waals surface area (Å²) in [6.45, 7) is 5.84. The lowest BCUT2D eigenvalue weighted by atomic mass is 10.2. The highest BCUT2D eigenvalue weighted by atomic mass is 32.2. The Morgan fingerprint density at radius 1 is 1.17 bits per heavy atom. The Morgan fingerprint density at radius 3 is 2.43 bits per heavy atom. The van der Waals surface area contributed by atoms with E-state index >= 15 is 0 Å². The van der Waals surface area contributed by atoms with Crippen molar-refractivity contribution in [2.24, 2.45) is 0 Å². The van der Waals surface area contributed by atoms with E-state index < -0.39 is 10.0 Å². The molecule has 1 fully saturated rings. The summed E-state index contributed by atoms with van der Waals surface area (Å²) in [5.74, 6) is -0.0997. The molecule has 0 radical (unpaired) electrons. The molecule has 1 aromatic carbocycles. The first-order valence-electron chi connectivity index (χ1n) is 7.72. The number of carbonyl (C=O) groups is 1. The Bertz CT molecular complexity index is 610. The molecule has 7 nitrogen and oxygen atoms in total. The zero-order chi connectivity index (χ0) is 16.7. The number of likely N-dealkylation sites (N-methyl/N-ethyl adjacent to an activating group) is 1. The van der Waals surface area contributed by atoms with E-state index in [0.29, 0.717) is 45.0 Å². The Labute approximate surface area is 137 Å². The number of hydrogen-bond donors (Lipinski definition) is 2. The van der Waals surface area contributed by atoms with Crippen molar-refractivity contribution in [2.45, 2.75) is 11.8 Å². The van der Waals surface area contributed by atoms with Crippen LogP contribution in [0.4, 0.5) is 0 Å². The van der Waals surface area contributed by atoms with Gasteiger partial charge in [-0.25, -0.2) is 13.1 Å². The van der Waals surface area contributed by atoms with Gasteiger partial charge < -0.3 is 15.0 Å². The topological polar surface area (TPSA) is 87.7 Å². The number of benzene rings is 1. The molecule has 0 spiro atoms. The van der Waals surface area contributed by atoms with Gasteiger partial charge in [0, 0.05) is 31.7 Å². The van der Waals surface area contributed by atoms with Crippen LogP contribution < -0.4 is 10.0 Å². The third kappa shape index (κ3) is 5.00. The minimum absolute atomic E-state index is 0.0997. The zero-order valence-corrected chi connectivity index (χ0v) is 14.1. The molecule has 0 atom stereocenters. The molecule has 0 bridgehead atoms. The van der Waals surface area contributed by atoms with Crippen LogP contribution >= 0.6 is 0 Å². The monoisotopic (exact) mass is 341 g/mol. The number of nitrogens with one attached hydrogen (secondary N) is 2. The predicted molar refractivity (Wildman–Crippen MR) is 86.9 cm³/mol. The Balaban J connectivity index is 1.99. The lowest BCUT2D eigenvalue weighted by Gasteiger charge is -2.26. The molecule has 0 saturated carbocycles. The summed E-state index contributed by atoms with van der Waals surface area (Å²) in [5.41, 5.74) is 0.485. The standard InChI is InChI=1S/C15H23N3O4S/c1-2-16-7-8-17-23(20,21)14-5-3-13(4-6-14)15(19)18-9-11-22-12-10-18/h3-6,16-17H,2,7-12H2,1H3. The zero-order valence-electron chi connectivity index (χ0n) is 13.2. The minimum Gasteiger partial charge on any atom is -0.378 e. The summed E-state index contributed by atoms with van der Waals surface area (Å²) in [5, 5.41) is 3.05. The van der Waals surface area contributed by atoms with Gasteiger partial charge in [0.1, 0.15) is 0 Å². The Morgan fingerprint density at radius 2 is 1.83 bits per heavy atom. The summed E-state index contributed by atoms with van der Waals surface area (Å²) < 4.78 is 32.0. The maximum absolute atomic E-state index is 12.3. The van der Waals surface area contributed by atoms with Gasteiger partial charge in [0.25, 0.3) is 5.91 Å². The van der Waals surface area contributed by atoms with Crippen LogP contribution in [0.15, 0.2) is 29.2 Å². The molecular formula is C15H23N3O4S. The number of sulfonamides is 1. The van der Waals surface area contributed by atoms with Crippen LogP contribution in [-0.2, 0) is 14.8 Å². The Kier molecular flexibility index (Phi) is 6.52. The number of rotatable bonds is 7. The van der Waals surface area contributed by atoms with Crippen molar-refractivity contribution in [2.75, 3.05) is 45.9 Å². The quantitative estimate of drug-likeness (QED) is 0.684. The summed E-state index contributed by atoms with van der Waals surface area (Å²) in [6, 6.07) is 6.03. The summed E-state index contributed by atoms with van der Waals surface area (Å²) in [4.78, 5) is 14.2. The number of nitrogens with zero attached hydrogens (tertiary/aromatic N) is 1. The van der Waals surface area contributed by atoms with Crippen LogP contribution in [0.5, 0.6) is 0 Å². The van der Waals surface area contributed by atoms with Crippen molar-refractivity contribution in [1.82, 2.24) is 14.9 Å². The maximum Gasteiger partial charge on any atom is 0.254 e. The van der Waals surface area contributed by atoms with Crippen molar-refractivity contribution in [3.8, 4) is 0 Å². The van der Waals surface area contributed by atoms with Gasteiger partial charge in [-0.05, 0) is 30.8 Å². The second kappa shape index (κ2) is 8.39. The molecule has 23 heavy (non-hydrogen) atoms. The second-order valence-electron chi connectivity index (χ2n) is 5.18. The number of hydrogen-bond acceptors (Lipinski definition) is 5. The van der Waals surface area contributed by atoms with Gasteiger partial charge >= 0.3 is 0 Å². The van der Waals surface area contributed by atoms with Crippen molar-refractivity contribution in [3.05, 3.63) is 29.8 Å². The van der Waals surface area contributed by atoms with E-state index in [9.17, 15) is 13.2 Å². The van der Waals surface area contributed by atoms with Crippen LogP contribution in [0.2, 0.25) is 0 Å². The number of ether oxygens (including phenoxy) is 1. The molecule has 0 aliphatic carbocycles.